The van der Waals surface area contributed by atoms with Gasteiger partial charge in [0.25, 0.3) is 0 Å². The van der Waals surface area contributed by atoms with Crippen LogP contribution in [0.3, 0.4) is 0 Å². The summed E-state index contributed by atoms with van der Waals surface area (Å²) in [6.45, 7) is 3.60. The minimum Gasteiger partial charge on any atom is -0.406 e. The predicted molar refractivity (Wildman–Crippen MR) is 121 cm³/mol. The fourth-order valence-electron chi connectivity index (χ4n) is 3.47. The molecular formula is C24H20F4N2O5S. The number of benzene rings is 3. The monoisotopic (exact) mass is 524 g/mol. The van der Waals surface area contributed by atoms with E-state index in [9.17, 15) is 26.0 Å². The Morgan fingerprint density at radius 2 is 1.67 bits per heavy atom. The van der Waals surface area contributed by atoms with E-state index in [-0.39, 0.29) is 28.4 Å². The molecule has 7 nitrogen and oxygen atoms in total. The van der Waals surface area contributed by atoms with Gasteiger partial charge >= 0.3 is 16.5 Å². The summed E-state index contributed by atoms with van der Waals surface area (Å²) in [6.07, 6.45) is -5.93. The highest BCUT2D eigenvalue weighted by Gasteiger charge is 2.32. The molecule has 0 N–H and O–H groups in total. The Morgan fingerprint density at radius 1 is 1.00 bits per heavy atom. The molecular weight excluding hydrogens is 504 g/mol. The van der Waals surface area contributed by atoms with Crippen molar-refractivity contribution in [2.24, 2.45) is 0 Å². The zero-order valence-corrected chi connectivity index (χ0v) is 19.8. The molecule has 4 rings (SSSR count). The van der Waals surface area contributed by atoms with Gasteiger partial charge in [-0.15, -0.1) is 17.9 Å². The van der Waals surface area contributed by atoms with Crippen LogP contribution in [0.1, 0.15) is 30.0 Å². The minimum absolute atomic E-state index is 0.0578. The standard InChI is InChI=1S/C24H20F4N2O5S/c1-3-33-22(16-6-9-18(10-7-16)34-24(26,27)28)23-29-20-14-17(25)8-13-21(20)30(23)35-36(31,32)19-11-4-15(2)5-12-19/h4-14,22H,3H2,1-2H3. The normalized spacial score (nSPS) is 13.1. The SMILES string of the molecule is CCOC(c1ccc(OC(F)(F)F)cc1)c1nc2cc(F)ccc2n1OS(=O)(=O)c1ccc(C)cc1. The Balaban J connectivity index is 1.81. The number of ether oxygens (including phenoxy) is 2. The first kappa shape index (κ1) is 25.5. The van der Waals surface area contributed by atoms with E-state index in [1.807, 2.05) is 0 Å². The summed E-state index contributed by atoms with van der Waals surface area (Å²) in [5.41, 5.74) is 1.40. The topological polar surface area (TPSA) is 79.7 Å². The van der Waals surface area contributed by atoms with E-state index in [4.69, 9.17) is 9.02 Å². The van der Waals surface area contributed by atoms with Gasteiger partial charge in [0.15, 0.2) is 5.82 Å². The Morgan fingerprint density at radius 3 is 2.28 bits per heavy atom. The summed E-state index contributed by atoms with van der Waals surface area (Å²) >= 11 is 0. The van der Waals surface area contributed by atoms with E-state index in [1.54, 1.807) is 26.0 Å². The van der Waals surface area contributed by atoms with Gasteiger partial charge in [-0.1, -0.05) is 29.8 Å². The molecule has 190 valence electrons. The number of hydrogen-bond acceptors (Lipinski definition) is 6. The minimum atomic E-state index is -4.86. The van der Waals surface area contributed by atoms with Gasteiger partial charge in [0, 0.05) is 12.7 Å². The zero-order valence-electron chi connectivity index (χ0n) is 19.0. The van der Waals surface area contributed by atoms with Crippen molar-refractivity contribution < 1.29 is 39.7 Å². The highest BCUT2D eigenvalue weighted by atomic mass is 32.2. The first-order valence-electron chi connectivity index (χ1n) is 10.6. The maximum atomic E-state index is 13.9. The van der Waals surface area contributed by atoms with Crippen molar-refractivity contribution in [3.8, 4) is 5.75 Å². The van der Waals surface area contributed by atoms with Crippen LogP contribution in [-0.4, -0.2) is 31.1 Å². The van der Waals surface area contributed by atoms with Crippen molar-refractivity contribution in [3.63, 3.8) is 0 Å². The van der Waals surface area contributed by atoms with Gasteiger partial charge in [-0.2, -0.15) is 8.42 Å². The van der Waals surface area contributed by atoms with Crippen molar-refractivity contribution in [2.45, 2.75) is 31.2 Å². The van der Waals surface area contributed by atoms with Crippen molar-refractivity contribution >= 4 is 21.2 Å². The summed E-state index contributed by atoms with van der Waals surface area (Å²) in [5.74, 6) is -1.12. The molecule has 0 saturated heterocycles. The molecule has 0 spiro atoms. The third-order valence-corrected chi connectivity index (χ3v) is 6.26. The summed E-state index contributed by atoms with van der Waals surface area (Å²) in [5, 5.41) is 0. The quantitative estimate of drug-likeness (QED) is 0.290. The third-order valence-electron chi connectivity index (χ3n) is 5.07. The maximum absolute atomic E-state index is 13.9. The number of nitrogens with zero attached hydrogens (tertiary/aromatic N) is 2. The lowest BCUT2D eigenvalue weighted by molar-refractivity contribution is -0.274. The van der Waals surface area contributed by atoms with Crippen LogP contribution in [0.15, 0.2) is 71.6 Å². The maximum Gasteiger partial charge on any atom is 0.573 e. The van der Waals surface area contributed by atoms with Crippen molar-refractivity contribution in [1.82, 2.24) is 9.71 Å². The third kappa shape index (κ3) is 5.60. The van der Waals surface area contributed by atoms with E-state index in [0.717, 1.165) is 34.6 Å². The number of alkyl halides is 3. The largest absolute Gasteiger partial charge is 0.573 e. The zero-order chi connectivity index (χ0) is 26.1. The van der Waals surface area contributed by atoms with Crippen LogP contribution in [0, 0.1) is 12.7 Å². The molecule has 0 saturated carbocycles. The molecule has 0 aliphatic heterocycles. The molecule has 36 heavy (non-hydrogen) atoms. The molecule has 0 amide bonds. The second kappa shape index (κ2) is 9.78. The number of aryl methyl sites for hydroxylation is 1. The van der Waals surface area contributed by atoms with Crippen LogP contribution in [-0.2, 0) is 14.9 Å². The van der Waals surface area contributed by atoms with Gasteiger partial charge in [-0.25, -0.2) is 9.37 Å². The van der Waals surface area contributed by atoms with Crippen LogP contribution in [0.2, 0.25) is 0 Å². The van der Waals surface area contributed by atoms with Gasteiger partial charge in [0.1, 0.15) is 28.1 Å². The van der Waals surface area contributed by atoms with E-state index < -0.39 is 34.2 Å². The number of fused-ring (bicyclic) bond motifs is 1. The molecule has 0 fully saturated rings. The highest BCUT2D eigenvalue weighted by Crippen LogP contribution is 2.31. The van der Waals surface area contributed by atoms with Crippen LogP contribution in [0.5, 0.6) is 5.75 Å². The second-order valence-electron chi connectivity index (χ2n) is 7.69. The van der Waals surface area contributed by atoms with Gasteiger partial charge in [0.2, 0.25) is 0 Å². The van der Waals surface area contributed by atoms with Gasteiger partial charge < -0.3 is 9.47 Å². The Labute approximate surface area is 203 Å². The lowest BCUT2D eigenvalue weighted by Crippen LogP contribution is -2.24. The lowest BCUT2D eigenvalue weighted by Gasteiger charge is -2.19. The molecule has 12 heteroatoms. The van der Waals surface area contributed by atoms with Gasteiger partial charge in [-0.05, 0) is 55.8 Å². The van der Waals surface area contributed by atoms with E-state index in [0.29, 0.717) is 5.56 Å². The Hall–Kier alpha value is -3.64. The van der Waals surface area contributed by atoms with Crippen molar-refractivity contribution in [1.29, 1.82) is 0 Å². The average Bonchev–Trinajstić information content (AvgIpc) is 3.13. The second-order valence-corrected chi connectivity index (χ2v) is 9.22. The molecule has 1 atom stereocenters. The van der Waals surface area contributed by atoms with Crippen molar-refractivity contribution in [2.75, 3.05) is 6.61 Å². The van der Waals surface area contributed by atoms with Crippen LogP contribution < -0.4 is 9.02 Å². The molecule has 0 radical (unpaired) electrons. The van der Waals surface area contributed by atoms with E-state index in [2.05, 4.69) is 9.72 Å². The average molecular weight is 524 g/mol. The van der Waals surface area contributed by atoms with E-state index >= 15 is 0 Å². The van der Waals surface area contributed by atoms with Crippen LogP contribution >= 0.6 is 0 Å². The highest BCUT2D eigenvalue weighted by molar-refractivity contribution is 7.87. The van der Waals surface area contributed by atoms with Crippen molar-refractivity contribution in [3.05, 3.63) is 89.5 Å². The van der Waals surface area contributed by atoms with Crippen LogP contribution in [0.25, 0.3) is 11.0 Å². The summed E-state index contributed by atoms with van der Waals surface area (Å²) in [7, 11) is -4.35. The fraction of sp³-hybridized carbons (Fsp3) is 0.208. The number of aromatic nitrogens is 2. The smallest absolute Gasteiger partial charge is 0.406 e. The van der Waals surface area contributed by atoms with E-state index in [1.165, 1.54) is 30.3 Å². The number of rotatable bonds is 8. The summed E-state index contributed by atoms with van der Waals surface area (Å²) in [4.78, 5) is 4.22. The molecule has 1 heterocycles. The summed E-state index contributed by atoms with van der Waals surface area (Å²) < 4.78 is 93.7. The molecule has 3 aromatic carbocycles. The molecule has 0 aliphatic carbocycles. The number of halogens is 4. The molecule has 4 aromatic rings. The fourth-order valence-corrected chi connectivity index (χ4v) is 4.38. The number of imidazole rings is 1. The lowest BCUT2D eigenvalue weighted by atomic mass is 10.1. The molecule has 1 unspecified atom stereocenters. The predicted octanol–water partition coefficient (Wildman–Crippen LogP) is 5.33. The molecule has 1 aromatic heterocycles. The Kier molecular flexibility index (Phi) is 6.92. The molecule has 0 aliphatic rings. The first-order valence-corrected chi connectivity index (χ1v) is 12.0. The Bertz CT molecular complexity index is 1470. The van der Waals surface area contributed by atoms with Crippen LogP contribution in [0.4, 0.5) is 17.6 Å². The number of hydrogen-bond donors (Lipinski definition) is 0. The van der Waals surface area contributed by atoms with Gasteiger partial charge in [0.05, 0.1) is 5.52 Å². The summed E-state index contributed by atoms with van der Waals surface area (Å²) in [6, 6.07) is 14.3. The van der Waals surface area contributed by atoms with Gasteiger partial charge in [-0.3, -0.25) is 4.28 Å². The first-order chi connectivity index (χ1) is 17.0. The molecule has 0 bridgehead atoms.